The number of rotatable bonds is 3. The number of nitrogens with zero attached hydrogens (tertiary/aromatic N) is 4. The zero-order chi connectivity index (χ0) is 14.2. The Balaban J connectivity index is 1.81. The first-order chi connectivity index (χ1) is 9.59. The third-order valence-corrected chi connectivity index (χ3v) is 3.65. The highest BCUT2D eigenvalue weighted by molar-refractivity contribution is 6.00. The Morgan fingerprint density at radius 2 is 2.45 bits per heavy atom. The van der Waals surface area contributed by atoms with Crippen LogP contribution in [0.15, 0.2) is 24.8 Å². The molecule has 2 aromatic rings. The van der Waals surface area contributed by atoms with Crippen LogP contribution < -0.4 is 5.32 Å². The molecular weight excluding hydrogens is 258 g/mol. The fourth-order valence-electron chi connectivity index (χ4n) is 2.58. The van der Waals surface area contributed by atoms with E-state index < -0.39 is 5.60 Å². The zero-order valence-electron chi connectivity index (χ0n) is 11.3. The van der Waals surface area contributed by atoms with Gasteiger partial charge in [0.2, 0.25) is 0 Å². The second kappa shape index (κ2) is 4.84. The summed E-state index contributed by atoms with van der Waals surface area (Å²) in [5, 5.41) is 17.6. The summed E-state index contributed by atoms with van der Waals surface area (Å²) >= 11 is 0. The monoisotopic (exact) mass is 275 g/mol. The summed E-state index contributed by atoms with van der Waals surface area (Å²) in [6.07, 6.45) is 7.11. The van der Waals surface area contributed by atoms with Gasteiger partial charge >= 0.3 is 0 Å². The maximum Gasteiger partial charge on any atom is 0.257 e. The van der Waals surface area contributed by atoms with Crippen LogP contribution in [0.4, 0.5) is 0 Å². The number of likely N-dealkylation sites (N-methyl/N-ethyl adjacent to an activating group) is 1. The summed E-state index contributed by atoms with van der Waals surface area (Å²) in [7, 11) is 1.69. The van der Waals surface area contributed by atoms with Gasteiger partial charge < -0.3 is 15.3 Å². The van der Waals surface area contributed by atoms with Gasteiger partial charge in [0.25, 0.3) is 5.91 Å². The van der Waals surface area contributed by atoms with Crippen molar-refractivity contribution in [3.63, 3.8) is 0 Å². The molecular formula is C13H17N5O2. The molecule has 0 radical (unpaired) electrons. The van der Waals surface area contributed by atoms with E-state index in [1.807, 2.05) is 0 Å². The smallest absolute Gasteiger partial charge is 0.257 e. The van der Waals surface area contributed by atoms with Gasteiger partial charge in [-0.05, 0) is 13.0 Å². The molecule has 0 spiro atoms. The Morgan fingerprint density at radius 3 is 3.20 bits per heavy atom. The minimum absolute atomic E-state index is 0.159. The first-order valence-corrected chi connectivity index (χ1v) is 6.55. The minimum atomic E-state index is -0.842. The zero-order valence-corrected chi connectivity index (χ0v) is 11.3. The molecule has 3 heterocycles. The maximum absolute atomic E-state index is 12.5. The predicted molar refractivity (Wildman–Crippen MR) is 72.4 cm³/mol. The molecule has 7 nitrogen and oxygen atoms in total. The lowest BCUT2D eigenvalue weighted by Gasteiger charge is -2.27. The SMILES string of the molecule is CN(CC1(O)CCNC1)C(=O)c1cnn2ccncc12. The van der Waals surface area contributed by atoms with E-state index in [1.165, 1.54) is 11.1 Å². The van der Waals surface area contributed by atoms with Crippen LogP contribution in [0.5, 0.6) is 0 Å². The first-order valence-electron chi connectivity index (χ1n) is 6.55. The normalized spacial score (nSPS) is 22.3. The van der Waals surface area contributed by atoms with Crippen LogP contribution in [0.2, 0.25) is 0 Å². The van der Waals surface area contributed by atoms with Crippen molar-refractivity contribution in [1.82, 2.24) is 24.8 Å². The van der Waals surface area contributed by atoms with Crippen LogP contribution in [-0.4, -0.2) is 62.8 Å². The number of aliphatic hydroxyl groups is 1. The number of carbonyl (C=O) groups is 1. The van der Waals surface area contributed by atoms with E-state index in [2.05, 4.69) is 15.4 Å². The molecule has 20 heavy (non-hydrogen) atoms. The molecule has 2 aromatic heterocycles. The van der Waals surface area contributed by atoms with E-state index in [0.717, 1.165) is 6.54 Å². The van der Waals surface area contributed by atoms with E-state index in [4.69, 9.17) is 0 Å². The lowest BCUT2D eigenvalue weighted by molar-refractivity contribution is 0.0253. The Bertz CT molecular complexity index is 632. The van der Waals surface area contributed by atoms with Gasteiger partial charge in [-0.1, -0.05) is 0 Å². The van der Waals surface area contributed by atoms with Gasteiger partial charge in [-0.2, -0.15) is 5.10 Å². The van der Waals surface area contributed by atoms with Crippen LogP contribution in [0.25, 0.3) is 5.52 Å². The van der Waals surface area contributed by atoms with E-state index in [1.54, 1.807) is 30.2 Å². The van der Waals surface area contributed by atoms with E-state index in [9.17, 15) is 9.90 Å². The van der Waals surface area contributed by atoms with Gasteiger partial charge in [0.1, 0.15) is 0 Å². The Kier molecular flexibility index (Phi) is 3.15. The molecule has 1 saturated heterocycles. The molecule has 1 aliphatic rings. The summed E-state index contributed by atoms with van der Waals surface area (Å²) in [6, 6.07) is 0. The summed E-state index contributed by atoms with van der Waals surface area (Å²) in [4.78, 5) is 18.0. The Morgan fingerprint density at radius 1 is 1.60 bits per heavy atom. The number of nitrogens with one attached hydrogen (secondary N) is 1. The van der Waals surface area contributed by atoms with Crippen LogP contribution in [-0.2, 0) is 0 Å². The molecule has 0 saturated carbocycles. The minimum Gasteiger partial charge on any atom is -0.387 e. The summed E-state index contributed by atoms with van der Waals surface area (Å²) in [6.45, 7) is 1.59. The van der Waals surface area contributed by atoms with Crippen molar-refractivity contribution in [2.24, 2.45) is 0 Å². The molecule has 1 atom stereocenters. The van der Waals surface area contributed by atoms with Crippen LogP contribution in [0.3, 0.4) is 0 Å². The lowest BCUT2D eigenvalue weighted by atomic mass is 10.0. The number of hydrogen-bond acceptors (Lipinski definition) is 5. The third-order valence-electron chi connectivity index (χ3n) is 3.65. The fourth-order valence-corrected chi connectivity index (χ4v) is 2.58. The van der Waals surface area contributed by atoms with Gasteiger partial charge in [-0.3, -0.25) is 9.78 Å². The van der Waals surface area contributed by atoms with Crippen molar-refractivity contribution in [3.8, 4) is 0 Å². The van der Waals surface area contributed by atoms with Crippen molar-refractivity contribution in [2.45, 2.75) is 12.0 Å². The summed E-state index contributed by atoms with van der Waals surface area (Å²) in [5.41, 5.74) is 0.321. The highest BCUT2D eigenvalue weighted by Crippen LogP contribution is 2.18. The molecule has 7 heteroatoms. The molecule has 1 fully saturated rings. The highest BCUT2D eigenvalue weighted by Gasteiger charge is 2.34. The molecule has 106 valence electrons. The van der Waals surface area contributed by atoms with Crippen molar-refractivity contribution < 1.29 is 9.90 Å². The summed E-state index contributed by atoms with van der Waals surface area (Å²) in [5.74, 6) is -0.159. The molecule has 1 aliphatic heterocycles. The Hall–Kier alpha value is -1.99. The van der Waals surface area contributed by atoms with Gasteiger partial charge in [0.05, 0.1) is 35.6 Å². The van der Waals surface area contributed by atoms with Gasteiger partial charge in [-0.15, -0.1) is 0 Å². The van der Waals surface area contributed by atoms with Crippen LogP contribution >= 0.6 is 0 Å². The standard InChI is InChI=1S/C13H17N5O2/c1-17(9-13(20)2-3-15-8-13)12(19)10-6-16-18-5-4-14-7-11(10)18/h4-7,15,20H,2-3,8-9H2,1H3. The van der Waals surface area contributed by atoms with Gasteiger partial charge in [0.15, 0.2) is 0 Å². The molecule has 1 unspecified atom stereocenters. The van der Waals surface area contributed by atoms with Crippen LogP contribution in [0.1, 0.15) is 16.8 Å². The van der Waals surface area contributed by atoms with Crippen molar-refractivity contribution in [1.29, 1.82) is 0 Å². The molecule has 0 aliphatic carbocycles. The van der Waals surface area contributed by atoms with Gasteiger partial charge in [-0.25, -0.2) is 4.52 Å². The largest absolute Gasteiger partial charge is 0.387 e. The van der Waals surface area contributed by atoms with Crippen LogP contribution in [0, 0.1) is 0 Å². The van der Waals surface area contributed by atoms with Gasteiger partial charge in [0, 0.05) is 26.0 Å². The molecule has 1 amide bonds. The number of amides is 1. The van der Waals surface area contributed by atoms with E-state index in [-0.39, 0.29) is 5.91 Å². The summed E-state index contributed by atoms with van der Waals surface area (Å²) < 4.78 is 1.61. The Labute approximate surface area is 116 Å². The number of hydrogen-bond donors (Lipinski definition) is 2. The molecule has 0 aromatic carbocycles. The number of carbonyl (C=O) groups excluding carboxylic acids is 1. The number of β-amino-alcohol motifs (C(OH)–C–C–N with tert-alkyl or cyclic N) is 1. The average Bonchev–Trinajstić information content (AvgIpc) is 3.04. The topological polar surface area (TPSA) is 82.8 Å². The average molecular weight is 275 g/mol. The van der Waals surface area contributed by atoms with Crippen molar-refractivity contribution >= 4 is 11.4 Å². The predicted octanol–water partition coefficient (Wildman–Crippen LogP) is -0.474. The first kappa shape index (κ1) is 13.0. The number of fused-ring (bicyclic) bond motifs is 1. The van der Waals surface area contributed by atoms with Crippen molar-refractivity contribution in [3.05, 3.63) is 30.4 Å². The maximum atomic E-state index is 12.5. The third kappa shape index (κ3) is 2.25. The van der Waals surface area contributed by atoms with Crippen molar-refractivity contribution in [2.75, 3.05) is 26.7 Å². The lowest BCUT2D eigenvalue weighted by Crippen LogP contribution is -2.45. The quantitative estimate of drug-likeness (QED) is 0.791. The number of aromatic nitrogens is 3. The molecule has 3 rings (SSSR count). The second-order valence-electron chi connectivity index (χ2n) is 5.28. The molecule has 2 N–H and O–H groups in total. The van der Waals surface area contributed by atoms with E-state index >= 15 is 0 Å². The fraction of sp³-hybridized carbons (Fsp3) is 0.462. The second-order valence-corrected chi connectivity index (χ2v) is 5.28. The molecule has 0 bridgehead atoms. The highest BCUT2D eigenvalue weighted by atomic mass is 16.3. The van der Waals surface area contributed by atoms with E-state index in [0.29, 0.717) is 30.6 Å².